The SMILES string of the molecule is CN(C)CCOc1ccc(NC(=O)c2n[nH]c3c2CNCC3)cc1.Cl. The van der Waals surface area contributed by atoms with E-state index in [4.69, 9.17) is 4.74 Å². The van der Waals surface area contributed by atoms with Crippen molar-refractivity contribution in [3.05, 3.63) is 41.2 Å². The molecule has 136 valence electrons. The number of aromatic nitrogens is 2. The summed E-state index contributed by atoms with van der Waals surface area (Å²) in [4.78, 5) is 14.5. The molecule has 1 aromatic carbocycles. The van der Waals surface area contributed by atoms with Gasteiger partial charge in [-0.1, -0.05) is 0 Å². The predicted molar refractivity (Wildman–Crippen MR) is 99.7 cm³/mol. The highest BCUT2D eigenvalue weighted by molar-refractivity contribution is 6.04. The first-order valence-corrected chi connectivity index (χ1v) is 8.09. The molecule has 25 heavy (non-hydrogen) atoms. The van der Waals surface area contributed by atoms with Crippen LogP contribution in [-0.2, 0) is 13.0 Å². The van der Waals surface area contributed by atoms with E-state index in [1.807, 2.05) is 38.4 Å². The Labute approximate surface area is 153 Å². The molecule has 0 saturated heterocycles. The number of carbonyl (C=O) groups is 1. The number of carbonyl (C=O) groups excluding carboxylic acids is 1. The average Bonchev–Trinajstić information content (AvgIpc) is 3.00. The molecule has 0 fully saturated rings. The van der Waals surface area contributed by atoms with Crippen LogP contribution in [0.2, 0.25) is 0 Å². The van der Waals surface area contributed by atoms with E-state index in [1.165, 1.54) is 0 Å². The summed E-state index contributed by atoms with van der Waals surface area (Å²) in [5.41, 5.74) is 3.19. The maximum atomic E-state index is 12.4. The Morgan fingerprint density at radius 1 is 1.32 bits per heavy atom. The van der Waals surface area contributed by atoms with Crippen molar-refractivity contribution in [1.29, 1.82) is 0 Å². The standard InChI is InChI=1S/C17H23N5O2.ClH/c1-22(2)9-10-24-13-5-3-12(4-6-13)19-17(23)16-14-11-18-8-7-15(14)20-21-16;/h3-6,18H,7-11H2,1-2H3,(H,19,23)(H,20,21);1H. The van der Waals surface area contributed by atoms with Crippen molar-refractivity contribution in [2.75, 3.05) is 39.1 Å². The zero-order valence-electron chi connectivity index (χ0n) is 14.5. The second-order valence-electron chi connectivity index (χ2n) is 6.09. The van der Waals surface area contributed by atoms with E-state index in [-0.39, 0.29) is 18.3 Å². The van der Waals surface area contributed by atoms with Crippen molar-refractivity contribution in [1.82, 2.24) is 20.4 Å². The number of fused-ring (bicyclic) bond motifs is 1. The van der Waals surface area contributed by atoms with Crippen molar-refractivity contribution >= 4 is 24.0 Å². The van der Waals surface area contributed by atoms with Crippen LogP contribution in [0.1, 0.15) is 21.7 Å². The molecule has 3 N–H and O–H groups in total. The quantitative estimate of drug-likeness (QED) is 0.725. The highest BCUT2D eigenvalue weighted by atomic mass is 35.5. The van der Waals surface area contributed by atoms with E-state index in [1.54, 1.807) is 0 Å². The second kappa shape index (κ2) is 8.84. The third-order valence-corrected chi connectivity index (χ3v) is 3.94. The molecule has 1 amide bonds. The van der Waals surface area contributed by atoms with Crippen LogP contribution in [0.15, 0.2) is 24.3 Å². The van der Waals surface area contributed by atoms with Crippen molar-refractivity contribution in [3.8, 4) is 5.75 Å². The van der Waals surface area contributed by atoms with Gasteiger partial charge >= 0.3 is 0 Å². The molecule has 0 aliphatic carbocycles. The van der Waals surface area contributed by atoms with E-state index in [0.717, 1.165) is 42.2 Å². The maximum absolute atomic E-state index is 12.4. The predicted octanol–water partition coefficient (Wildman–Crippen LogP) is 1.67. The van der Waals surface area contributed by atoms with Crippen molar-refractivity contribution in [3.63, 3.8) is 0 Å². The zero-order valence-corrected chi connectivity index (χ0v) is 15.3. The topological polar surface area (TPSA) is 82.3 Å². The number of rotatable bonds is 6. The molecule has 0 radical (unpaired) electrons. The smallest absolute Gasteiger partial charge is 0.276 e. The monoisotopic (exact) mass is 365 g/mol. The Morgan fingerprint density at radius 2 is 2.08 bits per heavy atom. The number of amides is 1. The van der Waals surface area contributed by atoms with Gasteiger partial charge in [0, 0.05) is 43.0 Å². The third-order valence-electron chi connectivity index (χ3n) is 3.94. The normalized spacial score (nSPS) is 13.1. The summed E-state index contributed by atoms with van der Waals surface area (Å²) < 4.78 is 5.64. The summed E-state index contributed by atoms with van der Waals surface area (Å²) in [7, 11) is 4.01. The minimum atomic E-state index is -0.197. The van der Waals surface area contributed by atoms with Crippen LogP contribution >= 0.6 is 12.4 Å². The minimum Gasteiger partial charge on any atom is -0.492 e. The van der Waals surface area contributed by atoms with Gasteiger partial charge in [-0.25, -0.2) is 0 Å². The molecule has 2 heterocycles. The first-order chi connectivity index (χ1) is 11.6. The first kappa shape index (κ1) is 19.2. The number of ether oxygens (including phenoxy) is 1. The minimum absolute atomic E-state index is 0. The summed E-state index contributed by atoms with van der Waals surface area (Å²) in [6.45, 7) is 3.07. The zero-order chi connectivity index (χ0) is 16.9. The highest BCUT2D eigenvalue weighted by Gasteiger charge is 2.21. The number of halogens is 1. The van der Waals surface area contributed by atoms with E-state index < -0.39 is 0 Å². The number of nitrogens with zero attached hydrogens (tertiary/aromatic N) is 2. The fraction of sp³-hybridized carbons (Fsp3) is 0.412. The summed E-state index contributed by atoms with van der Waals surface area (Å²) >= 11 is 0. The Morgan fingerprint density at radius 3 is 2.80 bits per heavy atom. The second-order valence-corrected chi connectivity index (χ2v) is 6.09. The summed E-state index contributed by atoms with van der Waals surface area (Å²) in [5, 5.41) is 13.3. The van der Waals surface area contributed by atoms with E-state index >= 15 is 0 Å². The average molecular weight is 366 g/mol. The van der Waals surface area contributed by atoms with E-state index in [2.05, 4.69) is 25.7 Å². The lowest BCUT2D eigenvalue weighted by atomic mass is 10.1. The van der Waals surface area contributed by atoms with Gasteiger partial charge in [0.05, 0.1) is 0 Å². The number of anilines is 1. The molecule has 1 aliphatic rings. The van der Waals surface area contributed by atoms with Gasteiger partial charge in [-0.05, 0) is 38.4 Å². The molecule has 8 heteroatoms. The largest absolute Gasteiger partial charge is 0.492 e. The van der Waals surface area contributed by atoms with Gasteiger partial charge in [0.15, 0.2) is 5.69 Å². The van der Waals surface area contributed by atoms with Crippen LogP contribution in [0.4, 0.5) is 5.69 Å². The van der Waals surface area contributed by atoms with Crippen molar-refractivity contribution < 1.29 is 9.53 Å². The molecule has 0 unspecified atom stereocenters. The fourth-order valence-electron chi connectivity index (χ4n) is 2.58. The van der Waals surface area contributed by atoms with Gasteiger partial charge in [0.25, 0.3) is 5.91 Å². The van der Waals surface area contributed by atoms with E-state index in [0.29, 0.717) is 18.8 Å². The van der Waals surface area contributed by atoms with Crippen LogP contribution in [0.25, 0.3) is 0 Å². The molecule has 0 saturated carbocycles. The Kier molecular flexibility index (Phi) is 6.81. The maximum Gasteiger partial charge on any atom is 0.276 e. The highest BCUT2D eigenvalue weighted by Crippen LogP contribution is 2.19. The van der Waals surface area contributed by atoms with Gasteiger partial charge in [0.2, 0.25) is 0 Å². The number of hydrogen-bond donors (Lipinski definition) is 3. The molecule has 0 spiro atoms. The van der Waals surface area contributed by atoms with Crippen LogP contribution in [-0.4, -0.2) is 54.8 Å². The molecule has 0 bridgehead atoms. The molecular formula is C17H24ClN5O2. The Bertz CT molecular complexity index is 700. The number of H-pyrrole nitrogens is 1. The van der Waals surface area contributed by atoms with Crippen LogP contribution in [0, 0.1) is 0 Å². The molecular weight excluding hydrogens is 342 g/mol. The van der Waals surface area contributed by atoms with Gasteiger partial charge in [-0.15, -0.1) is 12.4 Å². The van der Waals surface area contributed by atoms with Crippen molar-refractivity contribution in [2.24, 2.45) is 0 Å². The number of aromatic amines is 1. The van der Waals surface area contributed by atoms with Gasteiger partial charge in [-0.3, -0.25) is 9.89 Å². The lowest BCUT2D eigenvalue weighted by Gasteiger charge is -2.13. The molecule has 7 nitrogen and oxygen atoms in total. The number of nitrogens with one attached hydrogen (secondary N) is 3. The molecule has 1 aliphatic heterocycles. The lowest BCUT2D eigenvalue weighted by Crippen LogP contribution is -2.25. The van der Waals surface area contributed by atoms with E-state index in [9.17, 15) is 4.79 Å². The Hall–Kier alpha value is -2.09. The molecule has 2 aromatic rings. The van der Waals surface area contributed by atoms with Crippen LogP contribution in [0.3, 0.4) is 0 Å². The van der Waals surface area contributed by atoms with Gasteiger partial charge in [0.1, 0.15) is 12.4 Å². The fourth-order valence-corrected chi connectivity index (χ4v) is 2.58. The van der Waals surface area contributed by atoms with Crippen LogP contribution in [0.5, 0.6) is 5.75 Å². The summed E-state index contributed by atoms with van der Waals surface area (Å²) in [6, 6.07) is 7.38. The third kappa shape index (κ3) is 4.94. The molecule has 0 atom stereocenters. The lowest BCUT2D eigenvalue weighted by molar-refractivity contribution is 0.102. The summed E-state index contributed by atoms with van der Waals surface area (Å²) in [6.07, 6.45) is 0.870. The van der Waals surface area contributed by atoms with Crippen molar-refractivity contribution in [2.45, 2.75) is 13.0 Å². The first-order valence-electron chi connectivity index (χ1n) is 8.09. The van der Waals surface area contributed by atoms with Crippen LogP contribution < -0.4 is 15.4 Å². The summed E-state index contributed by atoms with van der Waals surface area (Å²) in [5.74, 6) is 0.591. The number of likely N-dealkylation sites (N-methyl/N-ethyl adjacent to an activating group) is 1. The van der Waals surface area contributed by atoms with Gasteiger partial charge in [-0.2, -0.15) is 5.10 Å². The van der Waals surface area contributed by atoms with Gasteiger partial charge < -0.3 is 20.3 Å². The number of benzene rings is 1. The molecule has 1 aromatic heterocycles. The number of hydrogen-bond acceptors (Lipinski definition) is 5. The molecule has 3 rings (SSSR count). The Balaban J connectivity index is 0.00000225.